The third-order valence-corrected chi connectivity index (χ3v) is 2.71. The quantitative estimate of drug-likeness (QED) is 0.771. The number of carbonyl (C=O) groups is 1. The summed E-state index contributed by atoms with van der Waals surface area (Å²) >= 11 is 1.30. The minimum absolute atomic E-state index is 0.0962. The summed E-state index contributed by atoms with van der Waals surface area (Å²) in [6.45, 7) is 3.77. The number of hydrogen-bond donors (Lipinski definition) is 1. The van der Waals surface area contributed by atoms with Crippen molar-refractivity contribution in [2.45, 2.75) is 13.0 Å². The lowest BCUT2D eigenvalue weighted by molar-refractivity contribution is -0.00138. The van der Waals surface area contributed by atoms with E-state index in [1.54, 1.807) is 10.4 Å². The Hall–Kier alpha value is -1.21. The number of morpholine rings is 1. The number of ether oxygens (including phenoxy) is 1. The Labute approximate surface area is 91.2 Å². The maximum atomic E-state index is 11.7. The molecule has 2 heterocycles. The fourth-order valence-electron chi connectivity index (χ4n) is 1.40. The molecule has 1 saturated heterocycles. The molecule has 1 unspecified atom stereocenters. The summed E-state index contributed by atoms with van der Waals surface area (Å²) < 4.78 is 5.35. The lowest BCUT2D eigenvalue weighted by Crippen LogP contribution is -2.46. The fraction of sp³-hybridized carbons (Fsp3) is 0.625. The Morgan fingerprint density at radius 3 is 3.33 bits per heavy atom. The minimum Gasteiger partial charge on any atom is -0.375 e. The second kappa shape index (κ2) is 4.54. The third-order valence-electron chi connectivity index (χ3n) is 2.10. The van der Waals surface area contributed by atoms with Crippen LogP contribution in [-0.4, -0.2) is 46.9 Å². The fourth-order valence-corrected chi connectivity index (χ4v) is 1.84. The second-order valence-electron chi connectivity index (χ2n) is 3.30. The summed E-state index contributed by atoms with van der Waals surface area (Å²) in [5.74, 6) is 0. The van der Waals surface area contributed by atoms with E-state index < -0.39 is 0 Å². The number of rotatable bonds is 1. The molecular weight excluding hydrogens is 216 g/mol. The van der Waals surface area contributed by atoms with Crippen LogP contribution in [0.15, 0.2) is 5.51 Å². The van der Waals surface area contributed by atoms with E-state index in [1.807, 2.05) is 6.92 Å². The van der Waals surface area contributed by atoms with Crippen LogP contribution in [0.5, 0.6) is 0 Å². The van der Waals surface area contributed by atoms with E-state index in [0.29, 0.717) is 24.8 Å². The average Bonchev–Trinajstić information content (AvgIpc) is 2.70. The summed E-state index contributed by atoms with van der Waals surface area (Å²) in [7, 11) is 0. The van der Waals surface area contributed by atoms with Crippen LogP contribution >= 0.6 is 11.3 Å². The van der Waals surface area contributed by atoms with Crippen LogP contribution < -0.4 is 5.32 Å². The number of hydrogen-bond acceptors (Lipinski definition) is 5. The zero-order chi connectivity index (χ0) is 10.7. The maximum absolute atomic E-state index is 11.7. The molecule has 82 valence electrons. The molecule has 0 spiro atoms. The SMILES string of the molecule is CC1CN(C(=O)Nc2nncs2)CCO1. The third kappa shape index (κ3) is 2.63. The summed E-state index contributed by atoms with van der Waals surface area (Å²) in [6, 6.07) is -0.137. The predicted molar refractivity (Wildman–Crippen MR) is 55.9 cm³/mol. The minimum atomic E-state index is -0.137. The van der Waals surface area contributed by atoms with Crippen LogP contribution in [0.3, 0.4) is 0 Å². The molecule has 1 atom stereocenters. The molecule has 2 amide bonds. The molecule has 7 heteroatoms. The number of amides is 2. The first-order valence-electron chi connectivity index (χ1n) is 4.69. The Kier molecular flexibility index (Phi) is 3.12. The van der Waals surface area contributed by atoms with Gasteiger partial charge in [0.05, 0.1) is 12.7 Å². The highest BCUT2D eigenvalue weighted by Gasteiger charge is 2.21. The Balaban J connectivity index is 1.90. The standard InChI is InChI=1S/C8H12N4O2S/c1-6-4-12(2-3-14-6)8(13)10-7-11-9-5-15-7/h5-6H,2-4H2,1H3,(H,10,11,13). The van der Waals surface area contributed by atoms with Gasteiger partial charge in [-0.05, 0) is 6.92 Å². The van der Waals surface area contributed by atoms with E-state index in [9.17, 15) is 4.79 Å². The lowest BCUT2D eigenvalue weighted by atomic mass is 10.3. The van der Waals surface area contributed by atoms with Gasteiger partial charge in [-0.1, -0.05) is 11.3 Å². The first-order valence-corrected chi connectivity index (χ1v) is 5.57. The van der Waals surface area contributed by atoms with E-state index in [2.05, 4.69) is 15.5 Å². The molecule has 1 N–H and O–H groups in total. The zero-order valence-corrected chi connectivity index (χ0v) is 9.16. The molecule has 0 bridgehead atoms. The molecule has 1 aliphatic heterocycles. The molecule has 1 aliphatic rings. The number of urea groups is 1. The summed E-state index contributed by atoms with van der Waals surface area (Å²) in [5, 5.41) is 10.6. The van der Waals surface area contributed by atoms with Crippen molar-refractivity contribution in [2.24, 2.45) is 0 Å². The number of aromatic nitrogens is 2. The van der Waals surface area contributed by atoms with Gasteiger partial charge in [-0.15, -0.1) is 10.2 Å². The molecule has 1 aromatic heterocycles. The molecule has 0 saturated carbocycles. The summed E-state index contributed by atoms with van der Waals surface area (Å²) in [5.41, 5.74) is 1.58. The normalized spacial score (nSPS) is 21.4. The van der Waals surface area contributed by atoms with Gasteiger partial charge in [0.25, 0.3) is 0 Å². The lowest BCUT2D eigenvalue weighted by Gasteiger charge is -2.30. The van der Waals surface area contributed by atoms with Crippen molar-refractivity contribution >= 4 is 22.5 Å². The molecule has 2 rings (SSSR count). The molecule has 0 aromatic carbocycles. The summed E-state index contributed by atoms with van der Waals surface area (Å²) in [6.07, 6.45) is 0.0962. The first kappa shape index (κ1) is 10.3. The van der Waals surface area contributed by atoms with Crippen LogP contribution in [0.4, 0.5) is 9.93 Å². The molecule has 0 radical (unpaired) electrons. The number of nitrogens with one attached hydrogen (secondary N) is 1. The maximum Gasteiger partial charge on any atom is 0.323 e. The van der Waals surface area contributed by atoms with Gasteiger partial charge in [0.15, 0.2) is 0 Å². The summed E-state index contributed by atoms with van der Waals surface area (Å²) in [4.78, 5) is 13.4. The van der Waals surface area contributed by atoms with E-state index in [4.69, 9.17) is 4.74 Å². The molecular formula is C8H12N4O2S. The van der Waals surface area contributed by atoms with Crippen molar-refractivity contribution in [3.8, 4) is 0 Å². The van der Waals surface area contributed by atoms with Gasteiger partial charge in [-0.3, -0.25) is 5.32 Å². The van der Waals surface area contributed by atoms with Crippen molar-refractivity contribution in [1.29, 1.82) is 0 Å². The smallest absolute Gasteiger partial charge is 0.323 e. The van der Waals surface area contributed by atoms with Gasteiger partial charge in [0, 0.05) is 13.1 Å². The van der Waals surface area contributed by atoms with E-state index >= 15 is 0 Å². The van der Waals surface area contributed by atoms with Gasteiger partial charge in [0.1, 0.15) is 5.51 Å². The highest BCUT2D eigenvalue weighted by molar-refractivity contribution is 7.13. The van der Waals surface area contributed by atoms with Gasteiger partial charge >= 0.3 is 6.03 Å². The second-order valence-corrected chi connectivity index (χ2v) is 4.13. The Morgan fingerprint density at radius 2 is 2.67 bits per heavy atom. The number of nitrogens with zero attached hydrogens (tertiary/aromatic N) is 3. The van der Waals surface area contributed by atoms with Gasteiger partial charge < -0.3 is 9.64 Å². The number of anilines is 1. The van der Waals surface area contributed by atoms with Crippen molar-refractivity contribution in [3.63, 3.8) is 0 Å². The van der Waals surface area contributed by atoms with Crippen LogP contribution in [0.25, 0.3) is 0 Å². The van der Waals surface area contributed by atoms with Crippen LogP contribution in [0.1, 0.15) is 6.92 Å². The van der Waals surface area contributed by atoms with Gasteiger partial charge in [-0.2, -0.15) is 0 Å². The van der Waals surface area contributed by atoms with Crippen molar-refractivity contribution in [2.75, 3.05) is 25.0 Å². The number of carbonyl (C=O) groups excluding carboxylic acids is 1. The van der Waals surface area contributed by atoms with Gasteiger partial charge in [0.2, 0.25) is 5.13 Å². The van der Waals surface area contributed by atoms with E-state index in [0.717, 1.165) is 0 Å². The Morgan fingerprint density at radius 1 is 1.80 bits per heavy atom. The largest absolute Gasteiger partial charge is 0.375 e. The topological polar surface area (TPSA) is 67.4 Å². The predicted octanol–water partition coefficient (Wildman–Crippen LogP) is 0.791. The molecule has 1 fully saturated rings. The van der Waals surface area contributed by atoms with Gasteiger partial charge in [-0.25, -0.2) is 4.79 Å². The molecule has 6 nitrogen and oxygen atoms in total. The van der Waals surface area contributed by atoms with Crippen molar-refractivity contribution in [3.05, 3.63) is 5.51 Å². The van der Waals surface area contributed by atoms with Crippen LogP contribution in [0.2, 0.25) is 0 Å². The first-order chi connectivity index (χ1) is 7.25. The monoisotopic (exact) mass is 228 g/mol. The average molecular weight is 228 g/mol. The molecule has 0 aliphatic carbocycles. The molecule has 15 heavy (non-hydrogen) atoms. The highest BCUT2D eigenvalue weighted by atomic mass is 32.1. The van der Waals surface area contributed by atoms with Crippen LogP contribution in [-0.2, 0) is 4.74 Å². The zero-order valence-electron chi connectivity index (χ0n) is 8.34. The molecule has 1 aromatic rings. The van der Waals surface area contributed by atoms with E-state index in [-0.39, 0.29) is 12.1 Å². The van der Waals surface area contributed by atoms with Crippen molar-refractivity contribution in [1.82, 2.24) is 15.1 Å². The van der Waals surface area contributed by atoms with Crippen molar-refractivity contribution < 1.29 is 9.53 Å². The Bertz CT molecular complexity index is 329. The highest BCUT2D eigenvalue weighted by Crippen LogP contribution is 2.11. The van der Waals surface area contributed by atoms with E-state index in [1.165, 1.54) is 11.3 Å². The van der Waals surface area contributed by atoms with Crippen LogP contribution in [0, 0.1) is 0 Å².